The number of aryl methyl sites for hydroxylation is 1. The first-order valence-electron chi connectivity index (χ1n) is 8.47. The Labute approximate surface area is 136 Å². The average molecular weight is 307 g/mol. The van der Waals surface area contributed by atoms with E-state index in [1.807, 2.05) is 30.3 Å². The molecule has 0 aliphatic carbocycles. The molecule has 2 aromatic rings. The largest absolute Gasteiger partial charge is 0.315 e. The van der Waals surface area contributed by atoms with Crippen LogP contribution in [0.25, 0.3) is 0 Å². The van der Waals surface area contributed by atoms with Gasteiger partial charge in [-0.15, -0.1) is 10.2 Å². The minimum atomic E-state index is -0.167. The summed E-state index contributed by atoms with van der Waals surface area (Å²) in [6, 6.07) is 12.4. The highest BCUT2D eigenvalue weighted by Gasteiger charge is 2.31. The van der Waals surface area contributed by atoms with Gasteiger partial charge in [-0.2, -0.15) is 5.26 Å². The van der Waals surface area contributed by atoms with Crippen LogP contribution in [-0.2, 0) is 13.0 Å². The van der Waals surface area contributed by atoms with Crippen molar-refractivity contribution in [2.24, 2.45) is 0 Å². The second-order valence-electron chi connectivity index (χ2n) is 6.51. The number of benzene rings is 1. The highest BCUT2D eigenvalue weighted by Crippen LogP contribution is 2.32. The minimum Gasteiger partial charge on any atom is -0.315 e. The second kappa shape index (κ2) is 6.13. The van der Waals surface area contributed by atoms with Gasteiger partial charge in [-0.3, -0.25) is 4.90 Å². The molecule has 4 rings (SSSR count). The summed E-state index contributed by atoms with van der Waals surface area (Å²) in [6.45, 7) is 2.92. The Bertz CT molecular complexity index is 715. The lowest BCUT2D eigenvalue weighted by Crippen LogP contribution is -2.37. The third-order valence-corrected chi connectivity index (χ3v) is 5.06. The van der Waals surface area contributed by atoms with Crippen molar-refractivity contribution in [3.63, 3.8) is 0 Å². The van der Waals surface area contributed by atoms with E-state index in [1.54, 1.807) is 0 Å². The smallest absolute Gasteiger partial charge is 0.137 e. The molecule has 0 spiro atoms. The molecule has 0 radical (unpaired) electrons. The zero-order chi connectivity index (χ0) is 15.6. The monoisotopic (exact) mass is 307 g/mol. The van der Waals surface area contributed by atoms with Crippen LogP contribution in [-0.4, -0.2) is 32.8 Å². The van der Waals surface area contributed by atoms with Crippen molar-refractivity contribution in [2.75, 3.05) is 13.1 Å². The molecule has 0 amide bonds. The van der Waals surface area contributed by atoms with Crippen molar-refractivity contribution in [1.82, 2.24) is 19.7 Å². The second-order valence-corrected chi connectivity index (χ2v) is 6.51. The molecule has 0 bridgehead atoms. The molecule has 5 nitrogen and oxygen atoms in total. The SMILES string of the molecule is N#C[C@@H](c1ccccc1)N1CCC[C@@H](c2nnc3n2CCC3)C1. The van der Waals surface area contributed by atoms with Gasteiger partial charge < -0.3 is 4.57 Å². The molecule has 2 aliphatic heterocycles. The Hall–Kier alpha value is -2.19. The van der Waals surface area contributed by atoms with Gasteiger partial charge in [-0.25, -0.2) is 0 Å². The number of hydrogen-bond donors (Lipinski definition) is 0. The summed E-state index contributed by atoms with van der Waals surface area (Å²) in [5.41, 5.74) is 1.09. The molecular formula is C18H21N5. The van der Waals surface area contributed by atoms with E-state index in [0.717, 1.165) is 56.1 Å². The van der Waals surface area contributed by atoms with Gasteiger partial charge in [0.25, 0.3) is 0 Å². The average Bonchev–Trinajstić information content (AvgIpc) is 3.20. The van der Waals surface area contributed by atoms with Crippen LogP contribution >= 0.6 is 0 Å². The molecule has 5 heteroatoms. The van der Waals surface area contributed by atoms with Crippen LogP contribution in [0, 0.1) is 11.3 Å². The molecule has 118 valence electrons. The van der Waals surface area contributed by atoms with Crippen LogP contribution in [0.2, 0.25) is 0 Å². The summed E-state index contributed by atoms with van der Waals surface area (Å²) in [5, 5.41) is 18.5. The van der Waals surface area contributed by atoms with Crippen LogP contribution in [0.3, 0.4) is 0 Å². The van der Waals surface area contributed by atoms with Gasteiger partial charge in [0.15, 0.2) is 0 Å². The number of rotatable bonds is 3. The zero-order valence-electron chi connectivity index (χ0n) is 13.2. The Morgan fingerprint density at radius 2 is 2.00 bits per heavy atom. The normalized spacial score (nSPS) is 22.5. The van der Waals surface area contributed by atoms with Gasteiger partial charge in [0.05, 0.1) is 6.07 Å². The third-order valence-electron chi connectivity index (χ3n) is 5.06. The Balaban J connectivity index is 1.56. The molecule has 0 saturated carbocycles. The number of hydrogen-bond acceptors (Lipinski definition) is 4. The Morgan fingerprint density at radius 1 is 1.13 bits per heavy atom. The highest BCUT2D eigenvalue weighted by atomic mass is 15.3. The van der Waals surface area contributed by atoms with Crippen molar-refractivity contribution in [3.05, 3.63) is 47.5 Å². The van der Waals surface area contributed by atoms with E-state index >= 15 is 0 Å². The summed E-state index contributed by atoms with van der Waals surface area (Å²) in [6.07, 6.45) is 4.48. The van der Waals surface area contributed by atoms with E-state index in [1.165, 1.54) is 6.42 Å². The van der Waals surface area contributed by atoms with Gasteiger partial charge in [0.2, 0.25) is 0 Å². The zero-order valence-corrected chi connectivity index (χ0v) is 13.2. The van der Waals surface area contributed by atoms with E-state index < -0.39 is 0 Å². The first-order chi connectivity index (χ1) is 11.4. The fourth-order valence-electron chi connectivity index (χ4n) is 3.93. The number of nitrogens with zero attached hydrogens (tertiary/aromatic N) is 5. The van der Waals surface area contributed by atoms with Gasteiger partial charge in [-0.1, -0.05) is 30.3 Å². The van der Waals surface area contributed by atoms with E-state index in [4.69, 9.17) is 0 Å². The van der Waals surface area contributed by atoms with Crippen LogP contribution < -0.4 is 0 Å². The predicted octanol–water partition coefficient (Wildman–Crippen LogP) is 2.67. The summed E-state index contributed by atoms with van der Waals surface area (Å²) in [7, 11) is 0. The van der Waals surface area contributed by atoms with Crippen molar-refractivity contribution < 1.29 is 0 Å². The molecule has 1 saturated heterocycles. The Morgan fingerprint density at radius 3 is 2.83 bits per heavy atom. The van der Waals surface area contributed by atoms with E-state index in [2.05, 4.69) is 25.7 Å². The van der Waals surface area contributed by atoms with Crippen molar-refractivity contribution >= 4 is 0 Å². The summed E-state index contributed by atoms with van der Waals surface area (Å²) < 4.78 is 2.30. The molecule has 1 aromatic carbocycles. The lowest BCUT2D eigenvalue weighted by Gasteiger charge is -2.35. The summed E-state index contributed by atoms with van der Waals surface area (Å²) in [4.78, 5) is 2.31. The summed E-state index contributed by atoms with van der Waals surface area (Å²) >= 11 is 0. The number of piperidine rings is 1. The third kappa shape index (κ3) is 2.64. The van der Waals surface area contributed by atoms with Crippen LogP contribution in [0.5, 0.6) is 0 Å². The lowest BCUT2D eigenvalue weighted by atomic mass is 9.94. The quantitative estimate of drug-likeness (QED) is 0.875. The van der Waals surface area contributed by atoms with Gasteiger partial charge in [-0.05, 0) is 31.4 Å². The minimum absolute atomic E-state index is 0.167. The van der Waals surface area contributed by atoms with E-state index in [-0.39, 0.29) is 6.04 Å². The topological polar surface area (TPSA) is 57.7 Å². The molecule has 0 unspecified atom stereocenters. The van der Waals surface area contributed by atoms with Gasteiger partial charge in [0, 0.05) is 25.4 Å². The molecule has 0 N–H and O–H groups in total. The molecule has 1 aromatic heterocycles. The van der Waals surface area contributed by atoms with Crippen molar-refractivity contribution in [3.8, 4) is 6.07 Å². The molecule has 2 atom stereocenters. The standard InChI is InChI=1S/C18H21N5/c19-12-16(14-6-2-1-3-7-14)22-10-4-8-15(13-22)18-21-20-17-9-5-11-23(17)18/h1-3,6-7,15-16H,4-5,8-11,13H2/t15-,16+/m1/s1. The number of fused-ring (bicyclic) bond motifs is 1. The number of aromatic nitrogens is 3. The Kier molecular flexibility index (Phi) is 3.84. The maximum absolute atomic E-state index is 9.68. The maximum Gasteiger partial charge on any atom is 0.137 e. The number of likely N-dealkylation sites (tertiary alicyclic amines) is 1. The number of nitriles is 1. The predicted molar refractivity (Wildman–Crippen MR) is 86.7 cm³/mol. The fraction of sp³-hybridized carbons (Fsp3) is 0.500. The summed E-state index contributed by atoms with van der Waals surface area (Å²) in [5.74, 6) is 2.66. The maximum atomic E-state index is 9.68. The lowest BCUT2D eigenvalue weighted by molar-refractivity contribution is 0.173. The van der Waals surface area contributed by atoms with Crippen LogP contribution in [0.4, 0.5) is 0 Å². The molecule has 1 fully saturated rings. The van der Waals surface area contributed by atoms with Crippen LogP contribution in [0.1, 0.15) is 48.4 Å². The first kappa shape index (κ1) is 14.4. The fourth-order valence-corrected chi connectivity index (χ4v) is 3.93. The highest BCUT2D eigenvalue weighted by molar-refractivity contribution is 5.24. The van der Waals surface area contributed by atoms with Crippen molar-refractivity contribution in [1.29, 1.82) is 5.26 Å². The molecule has 2 aliphatic rings. The van der Waals surface area contributed by atoms with E-state index in [0.29, 0.717) is 5.92 Å². The molecular weight excluding hydrogens is 286 g/mol. The molecule has 3 heterocycles. The first-order valence-corrected chi connectivity index (χ1v) is 8.47. The van der Waals surface area contributed by atoms with Gasteiger partial charge >= 0.3 is 0 Å². The van der Waals surface area contributed by atoms with Crippen LogP contribution in [0.15, 0.2) is 30.3 Å². The van der Waals surface area contributed by atoms with Crippen molar-refractivity contribution in [2.45, 2.75) is 44.2 Å². The molecule has 23 heavy (non-hydrogen) atoms. The van der Waals surface area contributed by atoms with Gasteiger partial charge in [0.1, 0.15) is 17.7 Å². The van der Waals surface area contributed by atoms with E-state index in [9.17, 15) is 5.26 Å².